The monoisotopic (exact) mass is 287 g/mol. The molecule has 0 aliphatic rings. The summed E-state index contributed by atoms with van der Waals surface area (Å²) in [6.07, 6.45) is 1.80. The lowest BCUT2D eigenvalue weighted by Crippen LogP contribution is -2.20. The van der Waals surface area contributed by atoms with Crippen LogP contribution in [0.2, 0.25) is 0 Å². The van der Waals surface area contributed by atoms with Crippen molar-refractivity contribution in [2.24, 2.45) is 0 Å². The molecule has 106 valence electrons. The standard InChI is InChI=1S/C16H21N3S/c1-11-4-6-13(7-5-11)20-10-15(18-3)14-8-12(2)9-19-16(14)17/h4-9,15,18H,10H2,1-3H3,(H2,17,19). The Hall–Kier alpha value is -1.52. The van der Waals surface area contributed by atoms with Crippen molar-refractivity contribution < 1.29 is 0 Å². The number of benzene rings is 1. The Kier molecular flexibility index (Phi) is 5.04. The highest BCUT2D eigenvalue weighted by molar-refractivity contribution is 7.99. The van der Waals surface area contributed by atoms with Gasteiger partial charge in [0.2, 0.25) is 0 Å². The van der Waals surface area contributed by atoms with Crippen LogP contribution in [-0.2, 0) is 0 Å². The van der Waals surface area contributed by atoms with Crippen LogP contribution in [0.15, 0.2) is 41.4 Å². The molecular formula is C16H21N3S. The molecule has 1 atom stereocenters. The Balaban J connectivity index is 2.09. The van der Waals surface area contributed by atoms with Crippen molar-refractivity contribution >= 4 is 17.6 Å². The van der Waals surface area contributed by atoms with Crippen molar-refractivity contribution in [1.29, 1.82) is 0 Å². The molecule has 1 aromatic carbocycles. The number of hydrogen-bond acceptors (Lipinski definition) is 4. The number of anilines is 1. The summed E-state index contributed by atoms with van der Waals surface area (Å²) in [5, 5.41) is 3.33. The normalized spacial score (nSPS) is 12.3. The summed E-state index contributed by atoms with van der Waals surface area (Å²) in [5.41, 5.74) is 9.49. The van der Waals surface area contributed by atoms with Gasteiger partial charge in [-0.05, 0) is 44.7 Å². The maximum Gasteiger partial charge on any atom is 0.128 e. The predicted octanol–water partition coefficient (Wildman–Crippen LogP) is 3.33. The maximum atomic E-state index is 5.99. The quantitative estimate of drug-likeness (QED) is 0.828. The van der Waals surface area contributed by atoms with Crippen LogP contribution in [0.1, 0.15) is 22.7 Å². The van der Waals surface area contributed by atoms with Crippen LogP contribution in [-0.4, -0.2) is 17.8 Å². The van der Waals surface area contributed by atoms with Crippen LogP contribution >= 0.6 is 11.8 Å². The summed E-state index contributed by atoms with van der Waals surface area (Å²) in [6.45, 7) is 4.14. The number of thioether (sulfide) groups is 1. The topological polar surface area (TPSA) is 50.9 Å². The average Bonchev–Trinajstić information content (AvgIpc) is 2.45. The number of nitrogens with two attached hydrogens (primary N) is 1. The van der Waals surface area contributed by atoms with Gasteiger partial charge in [-0.3, -0.25) is 0 Å². The third-order valence-electron chi connectivity index (χ3n) is 3.25. The molecule has 0 bridgehead atoms. The van der Waals surface area contributed by atoms with E-state index in [-0.39, 0.29) is 6.04 Å². The molecule has 3 nitrogen and oxygen atoms in total. The first-order valence-corrected chi connectivity index (χ1v) is 7.67. The second kappa shape index (κ2) is 6.77. The van der Waals surface area contributed by atoms with Gasteiger partial charge in [0.15, 0.2) is 0 Å². The van der Waals surface area contributed by atoms with Crippen LogP contribution in [0.5, 0.6) is 0 Å². The van der Waals surface area contributed by atoms with Crippen LogP contribution in [0.25, 0.3) is 0 Å². The van der Waals surface area contributed by atoms with Crippen molar-refractivity contribution in [1.82, 2.24) is 10.3 Å². The fourth-order valence-corrected chi connectivity index (χ4v) is 3.06. The Morgan fingerprint density at radius 2 is 1.90 bits per heavy atom. The van der Waals surface area contributed by atoms with Gasteiger partial charge >= 0.3 is 0 Å². The van der Waals surface area contributed by atoms with Crippen LogP contribution in [0, 0.1) is 13.8 Å². The molecule has 1 aromatic heterocycles. The Labute approximate surface area is 125 Å². The fourth-order valence-electron chi connectivity index (χ4n) is 2.02. The number of nitrogens with one attached hydrogen (secondary N) is 1. The van der Waals surface area contributed by atoms with Gasteiger partial charge in [-0.2, -0.15) is 0 Å². The van der Waals surface area contributed by atoms with Crippen molar-refractivity contribution in [3.63, 3.8) is 0 Å². The number of nitrogens with zero attached hydrogens (tertiary/aromatic N) is 1. The van der Waals surface area contributed by atoms with Gasteiger partial charge in [-0.1, -0.05) is 17.7 Å². The molecule has 0 amide bonds. The summed E-state index contributed by atoms with van der Waals surface area (Å²) in [4.78, 5) is 5.52. The highest BCUT2D eigenvalue weighted by Gasteiger charge is 2.14. The minimum Gasteiger partial charge on any atom is -0.383 e. The lowest BCUT2D eigenvalue weighted by atomic mass is 10.1. The Morgan fingerprint density at radius 1 is 1.20 bits per heavy atom. The van der Waals surface area contributed by atoms with Crippen molar-refractivity contribution in [3.8, 4) is 0 Å². The molecule has 1 heterocycles. The molecule has 0 fully saturated rings. The average molecular weight is 287 g/mol. The zero-order chi connectivity index (χ0) is 14.5. The van der Waals surface area contributed by atoms with E-state index in [0.717, 1.165) is 16.9 Å². The first-order valence-electron chi connectivity index (χ1n) is 6.69. The summed E-state index contributed by atoms with van der Waals surface area (Å²) in [7, 11) is 1.96. The smallest absolute Gasteiger partial charge is 0.128 e. The predicted molar refractivity (Wildman–Crippen MR) is 87.1 cm³/mol. The van der Waals surface area contributed by atoms with E-state index in [1.807, 2.05) is 25.7 Å². The molecule has 20 heavy (non-hydrogen) atoms. The lowest BCUT2D eigenvalue weighted by molar-refractivity contribution is 0.661. The van der Waals surface area contributed by atoms with E-state index in [9.17, 15) is 0 Å². The number of hydrogen-bond donors (Lipinski definition) is 2. The molecule has 0 aliphatic carbocycles. The molecule has 0 radical (unpaired) electrons. The number of nitrogen functional groups attached to an aromatic ring is 1. The van der Waals surface area contributed by atoms with Gasteiger partial charge in [0.05, 0.1) is 0 Å². The molecule has 4 heteroatoms. The fraction of sp³-hybridized carbons (Fsp3) is 0.312. The highest BCUT2D eigenvalue weighted by atomic mass is 32.2. The summed E-state index contributed by atoms with van der Waals surface area (Å²) >= 11 is 1.83. The number of aryl methyl sites for hydroxylation is 2. The van der Waals surface area contributed by atoms with Gasteiger partial charge in [0.1, 0.15) is 5.82 Å². The molecule has 3 N–H and O–H groups in total. The van der Waals surface area contributed by atoms with Crippen LogP contribution in [0.3, 0.4) is 0 Å². The third kappa shape index (κ3) is 3.74. The molecule has 1 unspecified atom stereocenters. The minimum atomic E-state index is 0.203. The van der Waals surface area contributed by atoms with E-state index in [2.05, 4.69) is 47.6 Å². The summed E-state index contributed by atoms with van der Waals surface area (Å²) in [6, 6.07) is 10.9. The summed E-state index contributed by atoms with van der Waals surface area (Å²) in [5.74, 6) is 1.54. The van der Waals surface area contributed by atoms with Crippen molar-refractivity contribution in [2.45, 2.75) is 24.8 Å². The SMILES string of the molecule is CNC(CSc1ccc(C)cc1)c1cc(C)cnc1N. The Morgan fingerprint density at radius 3 is 2.55 bits per heavy atom. The van der Waals surface area contributed by atoms with E-state index in [1.54, 1.807) is 6.20 Å². The molecule has 0 saturated heterocycles. The zero-order valence-corrected chi connectivity index (χ0v) is 13.0. The van der Waals surface area contributed by atoms with Gasteiger partial charge in [0.25, 0.3) is 0 Å². The number of aromatic nitrogens is 1. The van der Waals surface area contributed by atoms with Gasteiger partial charge < -0.3 is 11.1 Å². The minimum absolute atomic E-state index is 0.203. The second-order valence-electron chi connectivity index (χ2n) is 4.95. The molecule has 2 rings (SSSR count). The van der Waals surface area contributed by atoms with Gasteiger partial charge in [-0.15, -0.1) is 11.8 Å². The van der Waals surface area contributed by atoms with E-state index in [1.165, 1.54) is 10.5 Å². The van der Waals surface area contributed by atoms with E-state index >= 15 is 0 Å². The van der Waals surface area contributed by atoms with E-state index in [0.29, 0.717) is 5.82 Å². The molecule has 0 spiro atoms. The van der Waals surface area contributed by atoms with Crippen LogP contribution in [0.4, 0.5) is 5.82 Å². The molecule has 0 aliphatic heterocycles. The van der Waals surface area contributed by atoms with E-state index < -0.39 is 0 Å². The molecular weight excluding hydrogens is 266 g/mol. The maximum absolute atomic E-state index is 5.99. The van der Waals surface area contributed by atoms with Gasteiger partial charge in [0, 0.05) is 28.5 Å². The Bertz CT molecular complexity index is 566. The first-order chi connectivity index (χ1) is 9.60. The lowest BCUT2D eigenvalue weighted by Gasteiger charge is -2.18. The van der Waals surface area contributed by atoms with E-state index in [4.69, 9.17) is 5.73 Å². The van der Waals surface area contributed by atoms with Crippen molar-refractivity contribution in [3.05, 3.63) is 53.2 Å². The second-order valence-corrected chi connectivity index (χ2v) is 6.05. The molecule has 0 saturated carbocycles. The number of rotatable bonds is 5. The zero-order valence-electron chi connectivity index (χ0n) is 12.2. The highest BCUT2D eigenvalue weighted by Crippen LogP contribution is 2.27. The first kappa shape index (κ1) is 14.9. The largest absolute Gasteiger partial charge is 0.383 e. The van der Waals surface area contributed by atoms with Crippen molar-refractivity contribution in [2.75, 3.05) is 18.5 Å². The van der Waals surface area contributed by atoms with Gasteiger partial charge in [-0.25, -0.2) is 4.98 Å². The van der Waals surface area contributed by atoms with Crippen LogP contribution < -0.4 is 11.1 Å². The number of pyridine rings is 1. The third-order valence-corrected chi connectivity index (χ3v) is 4.35. The molecule has 2 aromatic rings. The summed E-state index contributed by atoms with van der Waals surface area (Å²) < 4.78 is 0.